The van der Waals surface area contributed by atoms with Gasteiger partial charge in [0, 0.05) is 24.8 Å². The van der Waals surface area contributed by atoms with Crippen LogP contribution in [0.1, 0.15) is 28.8 Å². The van der Waals surface area contributed by atoms with Crippen molar-refractivity contribution >= 4 is 11.9 Å². The number of hydrogen-bond acceptors (Lipinski definition) is 3. The zero-order chi connectivity index (χ0) is 15.4. The van der Waals surface area contributed by atoms with E-state index in [9.17, 15) is 14.0 Å². The lowest BCUT2D eigenvalue weighted by Crippen LogP contribution is -2.32. The SMILES string of the molecule is CN(CC(=O)O)C(=O)c1ccc(F)c(COCC2CC2)c1. The molecule has 1 aliphatic carbocycles. The number of likely N-dealkylation sites (N-methyl/N-ethyl adjacent to an activating group) is 1. The normalized spacial score (nSPS) is 14.0. The van der Waals surface area contributed by atoms with Gasteiger partial charge in [0.1, 0.15) is 12.4 Å². The van der Waals surface area contributed by atoms with Gasteiger partial charge in [-0.1, -0.05) is 0 Å². The lowest BCUT2D eigenvalue weighted by Gasteiger charge is -2.15. The summed E-state index contributed by atoms with van der Waals surface area (Å²) in [5.41, 5.74) is 0.565. The van der Waals surface area contributed by atoms with Crippen molar-refractivity contribution in [2.45, 2.75) is 19.4 Å². The van der Waals surface area contributed by atoms with Gasteiger partial charge in [-0.2, -0.15) is 0 Å². The summed E-state index contributed by atoms with van der Waals surface area (Å²) < 4.78 is 19.1. The minimum atomic E-state index is -1.10. The van der Waals surface area contributed by atoms with Crippen LogP contribution in [0.4, 0.5) is 4.39 Å². The Morgan fingerprint density at radius 1 is 1.43 bits per heavy atom. The van der Waals surface area contributed by atoms with Gasteiger partial charge in [0.2, 0.25) is 0 Å². The number of nitrogens with zero attached hydrogens (tertiary/aromatic N) is 1. The fourth-order valence-corrected chi connectivity index (χ4v) is 1.93. The van der Waals surface area contributed by atoms with E-state index >= 15 is 0 Å². The summed E-state index contributed by atoms with van der Waals surface area (Å²) >= 11 is 0. The molecule has 1 saturated carbocycles. The highest BCUT2D eigenvalue weighted by atomic mass is 19.1. The predicted octanol–water partition coefficient (Wildman–Crippen LogP) is 1.91. The Morgan fingerprint density at radius 2 is 2.14 bits per heavy atom. The summed E-state index contributed by atoms with van der Waals surface area (Å²) in [7, 11) is 1.39. The monoisotopic (exact) mass is 295 g/mol. The van der Waals surface area contributed by atoms with Crippen LogP contribution in [-0.2, 0) is 16.1 Å². The van der Waals surface area contributed by atoms with Crippen LogP contribution < -0.4 is 0 Å². The molecule has 0 aliphatic heterocycles. The second-order valence-corrected chi connectivity index (χ2v) is 5.32. The number of carboxylic acids is 1. The molecule has 2 rings (SSSR count). The topological polar surface area (TPSA) is 66.8 Å². The van der Waals surface area contributed by atoms with Crippen molar-refractivity contribution in [3.63, 3.8) is 0 Å². The fourth-order valence-electron chi connectivity index (χ4n) is 1.93. The van der Waals surface area contributed by atoms with E-state index in [-0.39, 0.29) is 12.2 Å². The van der Waals surface area contributed by atoms with Gasteiger partial charge in [0.25, 0.3) is 5.91 Å². The molecule has 1 aromatic rings. The minimum absolute atomic E-state index is 0.117. The van der Waals surface area contributed by atoms with Crippen LogP contribution in [0.3, 0.4) is 0 Å². The summed E-state index contributed by atoms with van der Waals surface area (Å²) in [6.07, 6.45) is 2.31. The Hall–Kier alpha value is -1.95. The van der Waals surface area contributed by atoms with E-state index in [1.165, 1.54) is 25.2 Å². The molecule has 114 valence electrons. The highest BCUT2D eigenvalue weighted by Gasteiger charge is 2.21. The van der Waals surface area contributed by atoms with E-state index in [0.29, 0.717) is 18.1 Å². The third-order valence-corrected chi connectivity index (χ3v) is 3.32. The Balaban J connectivity index is 2.01. The summed E-state index contributed by atoms with van der Waals surface area (Å²) in [6, 6.07) is 3.97. The van der Waals surface area contributed by atoms with Gasteiger partial charge in [0.15, 0.2) is 0 Å². The van der Waals surface area contributed by atoms with E-state index in [2.05, 4.69) is 0 Å². The fraction of sp³-hybridized carbons (Fsp3) is 0.467. The summed E-state index contributed by atoms with van der Waals surface area (Å²) in [4.78, 5) is 23.7. The zero-order valence-electron chi connectivity index (χ0n) is 11.8. The molecule has 5 nitrogen and oxygen atoms in total. The molecule has 1 amide bonds. The quantitative estimate of drug-likeness (QED) is 0.834. The first-order chi connectivity index (χ1) is 9.97. The molecule has 1 N–H and O–H groups in total. The number of carbonyl (C=O) groups excluding carboxylic acids is 1. The number of rotatable bonds is 7. The van der Waals surface area contributed by atoms with Gasteiger partial charge < -0.3 is 14.7 Å². The molecule has 0 heterocycles. The molecule has 0 unspecified atom stereocenters. The van der Waals surface area contributed by atoms with Crippen LogP contribution in [0, 0.1) is 11.7 Å². The molecule has 0 aromatic heterocycles. The summed E-state index contributed by atoms with van der Waals surface area (Å²) in [5.74, 6) is -1.40. The first kappa shape index (κ1) is 15.4. The van der Waals surface area contributed by atoms with Crippen molar-refractivity contribution in [2.75, 3.05) is 20.2 Å². The molecule has 1 fully saturated rings. The maximum atomic E-state index is 13.7. The van der Waals surface area contributed by atoms with E-state index in [1.807, 2.05) is 0 Å². The van der Waals surface area contributed by atoms with Crippen molar-refractivity contribution < 1.29 is 23.8 Å². The third kappa shape index (κ3) is 4.53. The molecule has 0 atom stereocenters. The zero-order valence-corrected chi connectivity index (χ0v) is 11.8. The lowest BCUT2D eigenvalue weighted by atomic mass is 10.1. The molecule has 1 aliphatic rings. The average Bonchev–Trinajstić information content (AvgIpc) is 3.23. The summed E-state index contributed by atoms with van der Waals surface area (Å²) in [5, 5.41) is 8.68. The van der Waals surface area contributed by atoms with Crippen molar-refractivity contribution in [2.24, 2.45) is 5.92 Å². The molecular formula is C15H18FNO4. The van der Waals surface area contributed by atoms with E-state index in [4.69, 9.17) is 9.84 Å². The molecule has 0 bridgehead atoms. The second kappa shape index (κ2) is 6.67. The summed E-state index contributed by atoms with van der Waals surface area (Å²) in [6.45, 7) is 0.326. The number of ether oxygens (including phenoxy) is 1. The maximum absolute atomic E-state index is 13.7. The van der Waals surface area contributed by atoms with Crippen molar-refractivity contribution in [3.8, 4) is 0 Å². The third-order valence-electron chi connectivity index (χ3n) is 3.32. The Bertz CT molecular complexity index is 542. The van der Waals surface area contributed by atoms with Crippen LogP contribution in [0.5, 0.6) is 0 Å². The van der Waals surface area contributed by atoms with Crippen LogP contribution in [0.15, 0.2) is 18.2 Å². The van der Waals surface area contributed by atoms with E-state index in [0.717, 1.165) is 17.7 Å². The highest BCUT2D eigenvalue weighted by Crippen LogP contribution is 2.29. The number of halogens is 1. The van der Waals surface area contributed by atoms with Gasteiger partial charge in [-0.3, -0.25) is 9.59 Å². The van der Waals surface area contributed by atoms with Crippen LogP contribution in [0.25, 0.3) is 0 Å². The van der Waals surface area contributed by atoms with Crippen LogP contribution in [-0.4, -0.2) is 42.1 Å². The molecule has 21 heavy (non-hydrogen) atoms. The van der Waals surface area contributed by atoms with E-state index < -0.39 is 24.2 Å². The van der Waals surface area contributed by atoms with Gasteiger partial charge in [-0.25, -0.2) is 4.39 Å². The highest BCUT2D eigenvalue weighted by molar-refractivity contribution is 5.95. The molecule has 1 aromatic carbocycles. The number of benzene rings is 1. The Kier molecular flexibility index (Phi) is 4.90. The maximum Gasteiger partial charge on any atom is 0.323 e. The number of carbonyl (C=O) groups is 2. The first-order valence-electron chi connectivity index (χ1n) is 6.81. The lowest BCUT2D eigenvalue weighted by molar-refractivity contribution is -0.137. The number of hydrogen-bond donors (Lipinski definition) is 1. The molecule has 6 heteroatoms. The Morgan fingerprint density at radius 3 is 2.76 bits per heavy atom. The van der Waals surface area contributed by atoms with Gasteiger partial charge in [0.05, 0.1) is 6.61 Å². The Labute approximate surface area is 122 Å². The van der Waals surface area contributed by atoms with Gasteiger partial charge >= 0.3 is 5.97 Å². The molecule has 0 radical (unpaired) electrons. The minimum Gasteiger partial charge on any atom is -0.480 e. The van der Waals surface area contributed by atoms with Gasteiger partial charge in [-0.05, 0) is 37.0 Å². The average molecular weight is 295 g/mol. The predicted molar refractivity (Wildman–Crippen MR) is 73.4 cm³/mol. The smallest absolute Gasteiger partial charge is 0.323 e. The van der Waals surface area contributed by atoms with Crippen molar-refractivity contribution in [3.05, 3.63) is 35.1 Å². The number of aliphatic carboxylic acids is 1. The van der Waals surface area contributed by atoms with Crippen LogP contribution >= 0.6 is 0 Å². The van der Waals surface area contributed by atoms with Crippen LogP contribution in [0.2, 0.25) is 0 Å². The standard InChI is InChI=1S/C15H18FNO4/c1-17(7-14(18)19)15(20)11-4-5-13(16)12(6-11)9-21-8-10-2-3-10/h4-6,10H,2-3,7-9H2,1H3,(H,18,19). The van der Waals surface area contributed by atoms with Crippen molar-refractivity contribution in [1.29, 1.82) is 0 Å². The number of carboxylic acid groups (broad SMARTS) is 1. The molecular weight excluding hydrogens is 277 g/mol. The van der Waals surface area contributed by atoms with Gasteiger partial charge in [-0.15, -0.1) is 0 Å². The van der Waals surface area contributed by atoms with Crippen molar-refractivity contribution in [1.82, 2.24) is 4.90 Å². The van der Waals surface area contributed by atoms with E-state index in [1.54, 1.807) is 0 Å². The second-order valence-electron chi connectivity index (χ2n) is 5.32. The number of amides is 1. The molecule has 0 saturated heterocycles. The largest absolute Gasteiger partial charge is 0.480 e. The molecule has 0 spiro atoms. The first-order valence-corrected chi connectivity index (χ1v) is 6.81.